The molecule has 2 aromatic rings. The molecule has 0 amide bonds. The molecule has 0 radical (unpaired) electrons. The molecule has 1 fully saturated rings. The van der Waals surface area contributed by atoms with E-state index in [1.54, 1.807) is 24.3 Å². The van der Waals surface area contributed by atoms with Crippen molar-refractivity contribution in [2.45, 2.75) is 97.2 Å². The van der Waals surface area contributed by atoms with Crippen LogP contribution in [0.25, 0.3) is 0 Å². The summed E-state index contributed by atoms with van der Waals surface area (Å²) in [7, 11) is 0. The number of esters is 1. The Morgan fingerprint density at radius 1 is 0.730 bits per heavy atom. The average Bonchev–Trinajstić information content (AvgIpc) is 2.93. The van der Waals surface area contributed by atoms with Gasteiger partial charge in [0.15, 0.2) is 6.29 Å². The maximum Gasteiger partial charge on any atom is 0.343 e. The number of hydrogen-bond acceptors (Lipinski definition) is 5. The van der Waals surface area contributed by atoms with Gasteiger partial charge in [-0.05, 0) is 49.2 Å². The Kier molecular flexibility index (Phi) is 13.6. The molecule has 1 aliphatic rings. The van der Waals surface area contributed by atoms with Crippen molar-refractivity contribution >= 4 is 5.97 Å². The maximum absolute atomic E-state index is 12.6. The van der Waals surface area contributed by atoms with Gasteiger partial charge in [0.05, 0.1) is 25.4 Å². The highest BCUT2D eigenvalue weighted by atomic mass is 16.7. The summed E-state index contributed by atoms with van der Waals surface area (Å²) in [5.41, 5.74) is 1.43. The minimum absolute atomic E-state index is 0.357. The maximum atomic E-state index is 12.6. The van der Waals surface area contributed by atoms with Crippen LogP contribution < -0.4 is 9.47 Å². The van der Waals surface area contributed by atoms with Gasteiger partial charge in [0.25, 0.3) is 0 Å². The van der Waals surface area contributed by atoms with Crippen LogP contribution in [0.15, 0.2) is 48.5 Å². The molecule has 0 spiro atoms. The Bertz CT molecular complexity index is 869. The highest BCUT2D eigenvalue weighted by Gasteiger charge is 2.23. The number of carbonyl (C=O) groups excluding carboxylic acids is 1. The zero-order valence-electron chi connectivity index (χ0n) is 22.9. The molecule has 0 aromatic heterocycles. The smallest absolute Gasteiger partial charge is 0.343 e. The predicted molar refractivity (Wildman–Crippen MR) is 148 cm³/mol. The lowest BCUT2D eigenvalue weighted by Crippen LogP contribution is -2.27. The van der Waals surface area contributed by atoms with E-state index in [4.69, 9.17) is 18.9 Å². The van der Waals surface area contributed by atoms with Crippen LogP contribution in [-0.4, -0.2) is 25.8 Å². The summed E-state index contributed by atoms with van der Waals surface area (Å²) in [6, 6.07) is 14.5. The van der Waals surface area contributed by atoms with Gasteiger partial charge < -0.3 is 18.9 Å². The molecule has 3 rings (SSSR count). The summed E-state index contributed by atoms with van der Waals surface area (Å²) in [4.78, 5) is 12.6. The van der Waals surface area contributed by atoms with Gasteiger partial charge in [-0.3, -0.25) is 0 Å². The molecule has 1 saturated heterocycles. The standard InChI is InChI=1S/C32H46O5/c1-3-5-7-9-11-13-23-34-29-19-15-27(16-20-29)31(33)37-30-21-17-28(18-22-30)32-35-24-26(25-36-32)14-12-10-8-6-4-2/h15-22,26,32H,3-14,23-25H2,1-2H3. The summed E-state index contributed by atoms with van der Waals surface area (Å²) >= 11 is 0. The van der Waals surface area contributed by atoms with E-state index >= 15 is 0 Å². The lowest BCUT2D eigenvalue weighted by molar-refractivity contribution is -0.206. The van der Waals surface area contributed by atoms with E-state index < -0.39 is 0 Å². The van der Waals surface area contributed by atoms with Crippen LogP contribution in [0.5, 0.6) is 11.5 Å². The van der Waals surface area contributed by atoms with Gasteiger partial charge in [-0.1, -0.05) is 90.2 Å². The van der Waals surface area contributed by atoms with Crippen molar-refractivity contribution in [1.29, 1.82) is 0 Å². The zero-order chi connectivity index (χ0) is 26.1. The summed E-state index contributed by atoms with van der Waals surface area (Å²) in [6.45, 7) is 6.63. The minimum Gasteiger partial charge on any atom is -0.494 e. The van der Waals surface area contributed by atoms with Gasteiger partial charge in [0.1, 0.15) is 11.5 Å². The van der Waals surface area contributed by atoms with Crippen molar-refractivity contribution in [3.63, 3.8) is 0 Å². The van der Waals surface area contributed by atoms with Gasteiger partial charge >= 0.3 is 5.97 Å². The number of benzene rings is 2. The molecule has 0 N–H and O–H groups in total. The van der Waals surface area contributed by atoms with E-state index in [9.17, 15) is 4.79 Å². The van der Waals surface area contributed by atoms with Crippen molar-refractivity contribution < 1.29 is 23.7 Å². The SMILES string of the molecule is CCCCCCCCOc1ccc(C(=O)Oc2ccc(C3OCC(CCCCCCC)CO3)cc2)cc1. The Morgan fingerprint density at radius 3 is 1.95 bits per heavy atom. The third-order valence-corrected chi connectivity index (χ3v) is 6.90. The van der Waals surface area contributed by atoms with E-state index in [1.807, 2.05) is 24.3 Å². The number of rotatable bonds is 17. The third-order valence-electron chi connectivity index (χ3n) is 6.90. The summed E-state index contributed by atoms with van der Waals surface area (Å²) < 4.78 is 23.3. The summed E-state index contributed by atoms with van der Waals surface area (Å²) in [5, 5.41) is 0. The number of carbonyl (C=O) groups is 1. The topological polar surface area (TPSA) is 54.0 Å². The fraction of sp³-hybridized carbons (Fsp3) is 0.594. The van der Waals surface area contributed by atoms with Crippen molar-refractivity contribution in [3.05, 3.63) is 59.7 Å². The molecule has 0 bridgehead atoms. The minimum atomic E-state index is -0.387. The van der Waals surface area contributed by atoms with Gasteiger partial charge in [-0.2, -0.15) is 0 Å². The first-order chi connectivity index (χ1) is 18.2. The van der Waals surface area contributed by atoms with Crippen molar-refractivity contribution in [2.24, 2.45) is 5.92 Å². The first-order valence-electron chi connectivity index (χ1n) is 14.5. The quantitative estimate of drug-likeness (QED) is 0.121. The fourth-order valence-corrected chi connectivity index (χ4v) is 4.56. The monoisotopic (exact) mass is 510 g/mol. The van der Waals surface area contributed by atoms with Crippen LogP contribution >= 0.6 is 0 Å². The molecule has 0 aliphatic carbocycles. The molecule has 37 heavy (non-hydrogen) atoms. The van der Waals surface area contributed by atoms with Gasteiger partial charge in [-0.15, -0.1) is 0 Å². The summed E-state index contributed by atoms with van der Waals surface area (Å²) in [5.74, 6) is 1.37. The molecule has 1 aliphatic heterocycles. The van der Waals surface area contributed by atoms with E-state index in [0.717, 1.165) is 37.4 Å². The fourth-order valence-electron chi connectivity index (χ4n) is 4.56. The van der Waals surface area contributed by atoms with E-state index in [0.29, 0.717) is 23.8 Å². The molecule has 0 atom stereocenters. The third kappa shape index (κ3) is 10.9. The van der Waals surface area contributed by atoms with Crippen LogP contribution in [0.3, 0.4) is 0 Å². The van der Waals surface area contributed by atoms with Crippen molar-refractivity contribution in [1.82, 2.24) is 0 Å². The Labute approximate surface area is 223 Å². The van der Waals surface area contributed by atoms with Crippen LogP contribution in [0.4, 0.5) is 0 Å². The molecule has 5 heteroatoms. The second kappa shape index (κ2) is 17.2. The van der Waals surface area contributed by atoms with Gasteiger partial charge in [0.2, 0.25) is 0 Å². The molecular weight excluding hydrogens is 464 g/mol. The van der Waals surface area contributed by atoms with Crippen LogP contribution in [-0.2, 0) is 9.47 Å². The van der Waals surface area contributed by atoms with Crippen LogP contribution in [0.2, 0.25) is 0 Å². The second-order valence-corrected chi connectivity index (χ2v) is 10.2. The average molecular weight is 511 g/mol. The summed E-state index contributed by atoms with van der Waals surface area (Å²) in [6.07, 6.45) is 14.7. The number of hydrogen-bond donors (Lipinski definition) is 0. The number of ether oxygens (including phenoxy) is 4. The van der Waals surface area contributed by atoms with E-state index in [-0.39, 0.29) is 12.3 Å². The Hall–Kier alpha value is -2.37. The van der Waals surface area contributed by atoms with Crippen LogP contribution in [0, 0.1) is 5.92 Å². The lowest BCUT2D eigenvalue weighted by atomic mass is 10.0. The lowest BCUT2D eigenvalue weighted by Gasteiger charge is -2.29. The second-order valence-electron chi connectivity index (χ2n) is 10.2. The molecule has 5 nitrogen and oxygen atoms in total. The normalized spacial score (nSPS) is 17.5. The Balaban J connectivity index is 1.35. The molecule has 2 aromatic carbocycles. The zero-order valence-corrected chi connectivity index (χ0v) is 22.9. The molecule has 1 heterocycles. The van der Waals surface area contributed by atoms with E-state index in [1.165, 1.54) is 64.2 Å². The molecule has 0 unspecified atom stereocenters. The van der Waals surface area contributed by atoms with Crippen LogP contribution in [0.1, 0.15) is 113 Å². The largest absolute Gasteiger partial charge is 0.494 e. The highest BCUT2D eigenvalue weighted by Crippen LogP contribution is 2.29. The van der Waals surface area contributed by atoms with E-state index in [2.05, 4.69) is 13.8 Å². The molecule has 204 valence electrons. The molecular formula is C32H46O5. The first kappa shape index (κ1) is 29.2. The molecule has 0 saturated carbocycles. The van der Waals surface area contributed by atoms with Crippen molar-refractivity contribution in [2.75, 3.05) is 19.8 Å². The number of unbranched alkanes of at least 4 members (excludes halogenated alkanes) is 9. The Morgan fingerprint density at radius 2 is 1.30 bits per heavy atom. The highest BCUT2D eigenvalue weighted by molar-refractivity contribution is 5.91. The van der Waals surface area contributed by atoms with Gasteiger partial charge in [0, 0.05) is 11.5 Å². The van der Waals surface area contributed by atoms with Gasteiger partial charge in [-0.25, -0.2) is 4.79 Å². The van der Waals surface area contributed by atoms with Crippen molar-refractivity contribution in [3.8, 4) is 11.5 Å². The first-order valence-corrected chi connectivity index (χ1v) is 14.5. The predicted octanol–water partition coefficient (Wildman–Crippen LogP) is 8.67.